The fourth-order valence-electron chi connectivity index (χ4n) is 1.12. The molecule has 0 aromatic carbocycles. The number of rotatable bonds is 1. The van der Waals surface area contributed by atoms with Crippen molar-refractivity contribution in [3.8, 4) is 0 Å². The highest BCUT2D eigenvalue weighted by atomic mass is 16.8. The highest BCUT2D eigenvalue weighted by molar-refractivity contribution is 6.01. The van der Waals surface area contributed by atoms with Gasteiger partial charge >= 0.3 is 5.97 Å². The van der Waals surface area contributed by atoms with E-state index in [4.69, 9.17) is 9.47 Å². The van der Waals surface area contributed by atoms with Crippen molar-refractivity contribution < 1.29 is 19.1 Å². The van der Waals surface area contributed by atoms with Gasteiger partial charge in [-0.25, -0.2) is 4.79 Å². The summed E-state index contributed by atoms with van der Waals surface area (Å²) in [5, 5.41) is 0. The van der Waals surface area contributed by atoms with Crippen molar-refractivity contribution in [2.75, 3.05) is 0 Å². The van der Waals surface area contributed by atoms with Crippen LogP contribution in [0.1, 0.15) is 34.6 Å². The molecule has 0 aromatic rings. The van der Waals surface area contributed by atoms with Crippen LogP contribution < -0.4 is 0 Å². The first kappa shape index (κ1) is 11.2. The molecule has 0 radical (unpaired) electrons. The third kappa shape index (κ3) is 1.66. The van der Waals surface area contributed by atoms with Gasteiger partial charge in [-0.2, -0.15) is 0 Å². The van der Waals surface area contributed by atoms with Crippen molar-refractivity contribution in [3.05, 3.63) is 0 Å². The van der Waals surface area contributed by atoms with Gasteiger partial charge in [0.1, 0.15) is 0 Å². The number of esters is 1. The van der Waals surface area contributed by atoms with Gasteiger partial charge in [-0.05, 0) is 6.92 Å². The summed E-state index contributed by atoms with van der Waals surface area (Å²) in [5.74, 6) is -1.92. The van der Waals surface area contributed by atoms with Crippen molar-refractivity contribution >= 4 is 11.8 Å². The molecule has 0 spiro atoms. The maximum Gasteiger partial charge on any atom is 0.345 e. The fraction of sp³-hybridized carbons (Fsp3) is 0.800. The van der Waals surface area contributed by atoms with Crippen molar-refractivity contribution in [3.63, 3.8) is 0 Å². The second kappa shape index (κ2) is 3.05. The fourth-order valence-corrected chi connectivity index (χ4v) is 1.12. The molecule has 1 fully saturated rings. The SMILES string of the molecule is CC(=O)[C@@H]1O[C@@](C)(C(C)(C)C)OC1=O. The van der Waals surface area contributed by atoms with Crippen LogP contribution in [0.4, 0.5) is 0 Å². The Kier molecular flexibility index (Phi) is 2.44. The molecular formula is C10H16O4. The Morgan fingerprint density at radius 1 is 1.43 bits per heavy atom. The molecule has 0 aromatic heterocycles. The molecule has 1 rings (SSSR count). The Morgan fingerprint density at radius 3 is 2.14 bits per heavy atom. The predicted molar refractivity (Wildman–Crippen MR) is 49.5 cm³/mol. The zero-order valence-corrected chi connectivity index (χ0v) is 9.21. The number of Topliss-reactive ketones (excluding diaryl/α,β-unsaturated/α-hetero) is 1. The highest BCUT2D eigenvalue weighted by Crippen LogP contribution is 2.40. The minimum Gasteiger partial charge on any atom is -0.430 e. The van der Waals surface area contributed by atoms with E-state index in [0.717, 1.165) is 0 Å². The maximum absolute atomic E-state index is 11.3. The van der Waals surface area contributed by atoms with Crippen molar-refractivity contribution in [2.45, 2.75) is 46.5 Å². The zero-order chi connectivity index (χ0) is 11.1. The number of ketones is 1. The predicted octanol–water partition coefficient (Wildman–Crippen LogP) is 1.28. The molecule has 4 heteroatoms. The molecule has 0 unspecified atom stereocenters. The average Bonchev–Trinajstić information content (AvgIpc) is 2.26. The summed E-state index contributed by atoms with van der Waals surface area (Å²) in [6, 6.07) is 0. The van der Waals surface area contributed by atoms with E-state index in [0.29, 0.717) is 0 Å². The normalized spacial score (nSPS) is 32.9. The van der Waals surface area contributed by atoms with Crippen LogP contribution in [0, 0.1) is 5.41 Å². The van der Waals surface area contributed by atoms with Crippen LogP contribution >= 0.6 is 0 Å². The van der Waals surface area contributed by atoms with Gasteiger partial charge in [0.15, 0.2) is 5.78 Å². The van der Waals surface area contributed by atoms with Gasteiger partial charge < -0.3 is 9.47 Å². The average molecular weight is 200 g/mol. The minimum absolute atomic E-state index is 0.317. The third-order valence-electron chi connectivity index (χ3n) is 2.58. The number of hydrogen-bond donors (Lipinski definition) is 0. The first-order valence-corrected chi connectivity index (χ1v) is 4.58. The number of ether oxygens (including phenoxy) is 2. The molecule has 0 aliphatic carbocycles. The lowest BCUT2D eigenvalue weighted by atomic mass is 9.87. The van der Waals surface area contributed by atoms with Crippen LogP contribution in [0.5, 0.6) is 0 Å². The van der Waals surface area contributed by atoms with Gasteiger partial charge in [-0.15, -0.1) is 0 Å². The molecule has 0 bridgehead atoms. The van der Waals surface area contributed by atoms with E-state index in [9.17, 15) is 9.59 Å². The molecule has 2 atom stereocenters. The number of carbonyl (C=O) groups excluding carboxylic acids is 2. The largest absolute Gasteiger partial charge is 0.430 e. The third-order valence-corrected chi connectivity index (χ3v) is 2.58. The van der Waals surface area contributed by atoms with E-state index in [1.165, 1.54) is 6.92 Å². The van der Waals surface area contributed by atoms with E-state index in [1.54, 1.807) is 6.92 Å². The number of cyclic esters (lactones) is 1. The van der Waals surface area contributed by atoms with Crippen molar-refractivity contribution in [1.82, 2.24) is 0 Å². The second-order valence-electron chi connectivity index (χ2n) is 4.73. The van der Waals surface area contributed by atoms with E-state index in [2.05, 4.69) is 0 Å². The molecule has 1 saturated heterocycles. The lowest BCUT2D eigenvalue weighted by Gasteiger charge is -2.35. The summed E-state index contributed by atoms with van der Waals surface area (Å²) in [4.78, 5) is 22.4. The monoisotopic (exact) mass is 200 g/mol. The Balaban J connectivity index is 2.91. The maximum atomic E-state index is 11.3. The Bertz CT molecular complexity index is 276. The standard InChI is InChI=1S/C10H16O4/c1-6(11)7-8(12)14-10(5,13-7)9(2,3)4/h7H,1-5H3/t7-,10+/m0/s1. The summed E-state index contributed by atoms with van der Waals surface area (Å²) >= 11 is 0. The van der Waals surface area contributed by atoms with Crippen LogP contribution in [-0.4, -0.2) is 23.6 Å². The van der Waals surface area contributed by atoms with Crippen LogP contribution in [0.25, 0.3) is 0 Å². The van der Waals surface area contributed by atoms with Crippen molar-refractivity contribution in [1.29, 1.82) is 0 Å². The molecule has 14 heavy (non-hydrogen) atoms. The van der Waals surface area contributed by atoms with Gasteiger partial charge in [-0.1, -0.05) is 20.8 Å². The lowest BCUT2D eigenvalue weighted by Crippen LogP contribution is -2.41. The van der Waals surface area contributed by atoms with Crippen LogP contribution in [0.15, 0.2) is 0 Å². The molecule has 1 heterocycles. The number of hydrogen-bond acceptors (Lipinski definition) is 4. The summed E-state index contributed by atoms with van der Waals surface area (Å²) < 4.78 is 10.5. The molecule has 80 valence electrons. The van der Waals surface area contributed by atoms with Gasteiger partial charge in [0.05, 0.1) is 0 Å². The lowest BCUT2D eigenvalue weighted by molar-refractivity contribution is -0.217. The van der Waals surface area contributed by atoms with Crippen LogP contribution in [-0.2, 0) is 19.1 Å². The van der Waals surface area contributed by atoms with Crippen molar-refractivity contribution in [2.24, 2.45) is 5.41 Å². The van der Waals surface area contributed by atoms with Gasteiger partial charge in [0, 0.05) is 12.3 Å². The first-order valence-electron chi connectivity index (χ1n) is 4.58. The topological polar surface area (TPSA) is 52.6 Å². The van der Waals surface area contributed by atoms with E-state index in [1.807, 2.05) is 20.8 Å². The minimum atomic E-state index is -1.06. The molecular weight excluding hydrogens is 184 g/mol. The quantitative estimate of drug-likeness (QED) is 0.472. The Hall–Kier alpha value is -0.900. The molecule has 1 aliphatic rings. The van der Waals surface area contributed by atoms with Crippen LogP contribution in [0.2, 0.25) is 0 Å². The molecule has 0 saturated carbocycles. The summed E-state index contributed by atoms with van der Waals surface area (Å²) in [6.07, 6.45) is -1.06. The van der Waals surface area contributed by atoms with E-state index in [-0.39, 0.29) is 11.2 Å². The van der Waals surface area contributed by atoms with Gasteiger partial charge in [0.2, 0.25) is 11.9 Å². The molecule has 1 aliphatic heterocycles. The Labute approximate surface area is 83.6 Å². The smallest absolute Gasteiger partial charge is 0.345 e. The van der Waals surface area contributed by atoms with Gasteiger partial charge in [0.25, 0.3) is 0 Å². The van der Waals surface area contributed by atoms with Gasteiger partial charge in [-0.3, -0.25) is 4.79 Å². The Morgan fingerprint density at radius 2 is 1.93 bits per heavy atom. The second-order valence-corrected chi connectivity index (χ2v) is 4.73. The molecule has 4 nitrogen and oxygen atoms in total. The highest BCUT2D eigenvalue weighted by Gasteiger charge is 2.53. The first-order chi connectivity index (χ1) is 6.17. The summed E-state index contributed by atoms with van der Waals surface area (Å²) in [5.41, 5.74) is -0.354. The molecule has 0 amide bonds. The summed E-state index contributed by atoms with van der Waals surface area (Å²) in [6.45, 7) is 8.67. The van der Waals surface area contributed by atoms with E-state index >= 15 is 0 Å². The van der Waals surface area contributed by atoms with Crippen LogP contribution in [0.3, 0.4) is 0 Å². The summed E-state index contributed by atoms with van der Waals surface area (Å²) in [7, 11) is 0. The number of carbonyl (C=O) groups is 2. The zero-order valence-electron chi connectivity index (χ0n) is 9.21. The van der Waals surface area contributed by atoms with E-state index < -0.39 is 17.9 Å². The molecule has 0 N–H and O–H groups in total.